The lowest BCUT2D eigenvalue weighted by atomic mass is 10.0. The maximum absolute atomic E-state index is 10.3. The van der Waals surface area contributed by atoms with Gasteiger partial charge in [0, 0.05) is 0 Å². The Balaban J connectivity index is 2.47. The van der Waals surface area contributed by atoms with Gasteiger partial charge < -0.3 is 4.74 Å². The zero-order chi connectivity index (χ0) is 10.2. The van der Waals surface area contributed by atoms with Crippen LogP contribution < -0.4 is 0 Å². The van der Waals surface area contributed by atoms with Crippen molar-refractivity contribution in [3.05, 3.63) is 0 Å². The van der Waals surface area contributed by atoms with Crippen molar-refractivity contribution in [1.82, 2.24) is 0 Å². The van der Waals surface area contributed by atoms with Crippen LogP contribution in [0.15, 0.2) is 0 Å². The molecule has 0 saturated heterocycles. The summed E-state index contributed by atoms with van der Waals surface area (Å²) in [6.45, 7) is 0.439. The van der Waals surface area contributed by atoms with E-state index in [0.717, 1.165) is 38.5 Å². The van der Waals surface area contributed by atoms with Gasteiger partial charge >= 0.3 is 0 Å². The van der Waals surface area contributed by atoms with Gasteiger partial charge in [0.2, 0.25) is 0 Å². The number of rotatable bonds is 3. The van der Waals surface area contributed by atoms with Crippen LogP contribution in [0.25, 0.3) is 0 Å². The summed E-state index contributed by atoms with van der Waals surface area (Å²) in [6, 6.07) is 0. The fourth-order valence-electron chi connectivity index (χ4n) is 1.94. The van der Waals surface area contributed by atoms with Gasteiger partial charge in [-0.1, -0.05) is 25.7 Å². The lowest BCUT2D eigenvalue weighted by molar-refractivity contribution is -0.298. The van der Waals surface area contributed by atoms with Crippen LogP contribution in [0.1, 0.15) is 44.9 Å². The normalized spacial score (nSPS) is 29.8. The Morgan fingerprint density at radius 1 is 1.00 bits per heavy atom. The number of hydrogen-bond donors (Lipinski definition) is 1. The second-order valence-electron chi connectivity index (χ2n) is 3.76. The summed E-state index contributed by atoms with van der Waals surface area (Å²) in [4.78, 5) is 14.6. The third kappa shape index (κ3) is 3.64. The van der Waals surface area contributed by atoms with Crippen LogP contribution in [0.5, 0.6) is 0 Å². The predicted octanol–water partition coefficient (Wildman–Crippen LogP) is 2.13. The van der Waals surface area contributed by atoms with Crippen LogP contribution in [-0.4, -0.2) is 23.9 Å². The Morgan fingerprint density at radius 3 is 2.14 bits per heavy atom. The third-order valence-electron chi connectivity index (χ3n) is 2.76. The second-order valence-corrected chi connectivity index (χ2v) is 3.76. The minimum absolute atomic E-state index is 0.282. The van der Waals surface area contributed by atoms with E-state index in [1.165, 1.54) is 6.42 Å². The molecule has 2 atom stereocenters. The maximum atomic E-state index is 10.3. The molecule has 0 amide bonds. The van der Waals surface area contributed by atoms with Crippen molar-refractivity contribution in [2.45, 2.75) is 57.2 Å². The summed E-state index contributed by atoms with van der Waals surface area (Å²) >= 11 is 0. The Bertz CT molecular complexity index is 160. The molecule has 0 aromatic carbocycles. The smallest absolute Gasteiger partial charge is 0.293 e. The first-order valence-electron chi connectivity index (χ1n) is 5.28. The van der Waals surface area contributed by atoms with Gasteiger partial charge in [-0.2, -0.15) is 0 Å². The SMILES string of the molecule is O=COC1CCCCCCCC1OO. The molecule has 4 nitrogen and oxygen atoms in total. The molecule has 0 spiro atoms. The van der Waals surface area contributed by atoms with Crippen molar-refractivity contribution in [1.29, 1.82) is 0 Å². The highest BCUT2D eigenvalue weighted by molar-refractivity contribution is 5.37. The molecule has 1 aliphatic carbocycles. The molecule has 1 aliphatic rings. The zero-order valence-electron chi connectivity index (χ0n) is 8.35. The highest BCUT2D eigenvalue weighted by atomic mass is 17.1. The van der Waals surface area contributed by atoms with Gasteiger partial charge in [0.1, 0.15) is 12.2 Å². The molecular formula is C10H18O4. The minimum Gasteiger partial charge on any atom is -0.462 e. The van der Waals surface area contributed by atoms with Crippen molar-refractivity contribution in [2.75, 3.05) is 0 Å². The molecule has 1 saturated carbocycles. The van der Waals surface area contributed by atoms with Gasteiger partial charge in [0.25, 0.3) is 6.47 Å². The maximum Gasteiger partial charge on any atom is 0.293 e. The summed E-state index contributed by atoms with van der Waals surface area (Å²) in [5.41, 5.74) is 0. The monoisotopic (exact) mass is 202 g/mol. The molecule has 0 aromatic rings. The molecule has 1 rings (SSSR count). The summed E-state index contributed by atoms with van der Waals surface area (Å²) in [7, 11) is 0. The second kappa shape index (κ2) is 6.79. The highest BCUT2D eigenvalue weighted by Gasteiger charge is 2.24. The van der Waals surface area contributed by atoms with Gasteiger partial charge in [0.15, 0.2) is 0 Å². The van der Waals surface area contributed by atoms with Gasteiger partial charge in [0.05, 0.1) is 0 Å². The van der Waals surface area contributed by atoms with Crippen LogP contribution in [0.4, 0.5) is 0 Å². The summed E-state index contributed by atoms with van der Waals surface area (Å²) in [6.07, 6.45) is 6.49. The largest absolute Gasteiger partial charge is 0.462 e. The predicted molar refractivity (Wildman–Crippen MR) is 50.8 cm³/mol. The number of carbonyl (C=O) groups excluding carboxylic acids is 1. The lowest BCUT2D eigenvalue weighted by Crippen LogP contribution is -2.30. The van der Waals surface area contributed by atoms with Crippen molar-refractivity contribution in [3.8, 4) is 0 Å². The van der Waals surface area contributed by atoms with E-state index in [9.17, 15) is 4.79 Å². The van der Waals surface area contributed by atoms with E-state index in [2.05, 4.69) is 4.89 Å². The van der Waals surface area contributed by atoms with Gasteiger partial charge in [-0.3, -0.25) is 10.1 Å². The molecule has 0 bridgehead atoms. The third-order valence-corrected chi connectivity index (χ3v) is 2.76. The Hall–Kier alpha value is -0.610. The molecule has 2 unspecified atom stereocenters. The van der Waals surface area contributed by atoms with Crippen LogP contribution in [-0.2, 0) is 14.4 Å². The van der Waals surface area contributed by atoms with E-state index in [1.54, 1.807) is 0 Å². The van der Waals surface area contributed by atoms with Crippen LogP contribution >= 0.6 is 0 Å². The van der Waals surface area contributed by atoms with Crippen molar-refractivity contribution < 1.29 is 19.7 Å². The lowest BCUT2D eigenvalue weighted by Gasteiger charge is -2.21. The van der Waals surface area contributed by atoms with E-state index < -0.39 is 0 Å². The number of ether oxygens (including phenoxy) is 1. The highest BCUT2D eigenvalue weighted by Crippen LogP contribution is 2.21. The van der Waals surface area contributed by atoms with Crippen LogP contribution in [0.2, 0.25) is 0 Å². The molecule has 1 fully saturated rings. The Morgan fingerprint density at radius 2 is 1.57 bits per heavy atom. The number of hydrogen-bond acceptors (Lipinski definition) is 4. The van der Waals surface area contributed by atoms with Crippen molar-refractivity contribution in [3.63, 3.8) is 0 Å². The first-order valence-corrected chi connectivity index (χ1v) is 5.28. The summed E-state index contributed by atoms with van der Waals surface area (Å²) < 4.78 is 4.91. The Labute approximate surface area is 84.1 Å². The molecular weight excluding hydrogens is 184 g/mol. The van der Waals surface area contributed by atoms with Crippen LogP contribution in [0, 0.1) is 0 Å². The molecule has 0 aliphatic heterocycles. The topological polar surface area (TPSA) is 55.8 Å². The van der Waals surface area contributed by atoms with Crippen molar-refractivity contribution in [2.24, 2.45) is 0 Å². The fraction of sp³-hybridized carbons (Fsp3) is 0.900. The van der Waals surface area contributed by atoms with Crippen LogP contribution in [0.3, 0.4) is 0 Å². The average molecular weight is 202 g/mol. The van der Waals surface area contributed by atoms with E-state index in [-0.39, 0.29) is 12.2 Å². The molecule has 0 heterocycles. The molecule has 4 heteroatoms. The van der Waals surface area contributed by atoms with E-state index in [4.69, 9.17) is 9.99 Å². The summed E-state index contributed by atoms with van der Waals surface area (Å²) in [5.74, 6) is 0. The van der Waals surface area contributed by atoms with E-state index >= 15 is 0 Å². The molecule has 1 N–H and O–H groups in total. The fourth-order valence-corrected chi connectivity index (χ4v) is 1.94. The van der Waals surface area contributed by atoms with E-state index in [0.29, 0.717) is 6.47 Å². The molecule has 14 heavy (non-hydrogen) atoms. The first-order chi connectivity index (χ1) is 6.88. The minimum atomic E-state index is -0.349. The summed E-state index contributed by atoms with van der Waals surface area (Å²) in [5, 5.41) is 8.70. The average Bonchev–Trinajstić information content (AvgIpc) is 2.30. The first kappa shape index (κ1) is 11.5. The number of carbonyl (C=O) groups is 1. The Kier molecular flexibility index (Phi) is 5.56. The van der Waals surface area contributed by atoms with E-state index in [1.807, 2.05) is 0 Å². The molecule has 0 aromatic heterocycles. The van der Waals surface area contributed by atoms with Gasteiger partial charge in [-0.05, 0) is 19.3 Å². The van der Waals surface area contributed by atoms with Crippen molar-refractivity contribution >= 4 is 6.47 Å². The standard InChI is InChI=1S/C10H18O4/c11-8-13-9-6-4-2-1-3-5-7-10(9)14-12/h8-10,12H,1-7H2. The molecule has 82 valence electrons. The van der Waals surface area contributed by atoms with Gasteiger partial charge in [-0.25, -0.2) is 4.89 Å². The zero-order valence-corrected chi connectivity index (χ0v) is 8.35. The van der Waals surface area contributed by atoms with Gasteiger partial charge in [-0.15, -0.1) is 0 Å². The molecule has 0 radical (unpaired) electrons. The quantitative estimate of drug-likeness (QED) is 0.432.